The van der Waals surface area contributed by atoms with E-state index in [1.165, 1.54) is 0 Å². The van der Waals surface area contributed by atoms with E-state index < -0.39 is 0 Å². The highest BCUT2D eigenvalue weighted by atomic mass is 16.3. The van der Waals surface area contributed by atoms with E-state index in [1.807, 2.05) is 0 Å². The summed E-state index contributed by atoms with van der Waals surface area (Å²) in [6, 6.07) is 10.5. The lowest BCUT2D eigenvalue weighted by molar-refractivity contribution is 0.102. The molecule has 2 aromatic rings. The maximum atomic E-state index is 12.2. The minimum Gasteiger partial charge on any atom is -0.392 e. The molecule has 1 aromatic carbocycles. The SMILES string of the molecule is CCCNc1cc(C(=O)Nc2ccc(CO)cc2)ccn1. The van der Waals surface area contributed by atoms with Crippen molar-refractivity contribution in [3.05, 3.63) is 53.7 Å². The molecule has 1 aromatic heterocycles. The summed E-state index contributed by atoms with van der Waals surface area (Å²) in [6.45, 7) is 2.88. The van der Waals surface area contributed by atoms with E-state index in [4.69, 9.17) is 5.11 Å². The van der Waals surface area contributed by atoms with Crippen molar-refractivity contribution >= 4 is 17.4 Å². The molecule has 1 amide bonds. The Hall–Kier alpha value is -2.40. The van der Waals surface area contributed by atoms with Crippen LogP contribution in [0, 0.1) is 0 Å². The van der Waals surface area contributed by atoms with E-state index >= 15 is 0 Å². The molecule has 5 heteroatoms. The van der Waals surface area contributed by atoms with Gasteiger partial charge in [0.1, 0.15) is 5.82 Å². The van der Waals surface area contributed by atoms with Gasteiger partial charge in [0, 0.05) is 24.0 Å². The van der Waals surface area contributed by atoms with E-state index in [0.717, 1.165) is 18.5 Å². The van der Waals surface area contributed by atoms with Crippen LogP contribution in [0.4, 0.5) is 11.5 Å². The first kappa shape index (κ1) is 15.0. The van der Waals surface area contributed by atoms with Gasteiger partial charge in [-0.2, -0.15) is 0 Å². The number of carbonyl (C=O) groups excluding carboxylic acids is 1. The summed E-state index contributed by atoms with van der Waals surface area (Å²) in [5, 5.41) is 15.0. The number of anilines is 2. The first-order chi connectivity index (χ1) is 10.2. The minimum atomic E-state index is -0.186. The van der Waals surface area contributed by atoms with Crippen LogP contribution >= 0.6 is 0 Å². The molecule has 21 heavy (non-hydrogen) atoms. The number of nitrogens with one attached hydrogen (secondary N) is 2. The lowest BCUT2D eigenvalue weighted by Gasteiger charge is -2.08. The molecule has 0 aliphatic rings. The summed E-state index contributed by atoms with van der Waals surface area (Å²) in [7, 11) is 0. The van der Waals surface area contributed by atoms with Crippen molar-refractivity contribution in [2.24, 2.45) is 0 Å². The number of nitrogens with zero attached hydrogens (tertiary/aromatic N) is 1. The largest absolute Gasteiger partial charge is 0.392 e. The first-order valence-corrected chi connectivity index (χ1v) is 6.94. The first-order valence-electron chi connectivity index (χ1n) is 6.94. The number of benzene rings is 1. The van der Waals surface area contributed by atoms with Crippen molar-refractivity contribution in [1.82, 2.24) is 4.98 Å². The van der Waals surface area contributed by atoms with Gasteiger partial charge in [0.05, 0.1) is 6.61 Å². The van der Waals surface area contributed by atoms with Crippen molar-refractivity contribution in [2.75, 3.05) is 17.2 Å². The highest BCUT2D eigenvalue weighted by molar-refractivity contribution is 6.04. The maximum Gasteiger partial charge on any atom is 0.255 e. The summed E-state index contributed by atoms with van der Waals surface area (Å²) >= 11 is 0. The molecule has 0 bridgehead atoms. The maximum absolute atomic E-state index is 12.2. The van der Waals surface area contributed by atoms with Crippen molar-refractivity contribution in [1.29, 1.82) is 0 Å². The second-order valence-electron chi connectivity index (χ2n) is 4.67. The summed E-state index contributed by atoms with van der Waals surface area (Å²) < 4.78 is 0. The number of amides is 1. The molecule has 5 nitrogen and oxygen atoms in total. The molecule has 0 atom stereocenters. The van der Waals surface area contributed by atoms with Crippen LogP contribution < -0.4 is 10.6 Å². The standard InChI is InChI=1S/C16H19N3O2/c1-2-8-17-15-10-13(7-9-18-15)16(21)19-14-5-3-12(11-20)4-6-14/h3-7,9-10,20H,2,8,11H2,1H3,(H,17,18)(H,19,21). The molecule has 110 valence electrons. The van der Waals surface area contributed by atoms with Crippen LogP contribution in [0.5, 0.6) is 0 Å². The lowest BCUT2D eigenvalue weighted by Crippen LogP contribution is -2.13. The molecule has 0 aliphatic heterocycles. The third kappa shape index (κ3) is 4.29. The lowest BCUT2D eigenvalue weighted by atomic mass is 10.2. The molecular formula is C16H19N3O2. The summed E-state index contributed by atoms with van der Waals surface area (Å²) in [5.41, 5.74) is 2.05. The fraction of sp³-hybridized carbons (Fsp3) is 0.250. The third-order valence-electron chi connectivity index (χ3n) is 2.97. The highest BCUT2D eigenvalue weighted by Crippen LogP contribution is 2.13. The molecule has 0 unspecified atom stereocenters. The zero-order chi connectivity index (χ0) is 15.1. The molecule has 2 rings (SSSR count). The van der Waals surface area contributed by atoms with E-state index in [9.17, 15) is 4.79 Å². The molecule has 0 aliphatic carbocycles. The van der Waals surface area contributed by atoms with Gasteiger partial charge in [-0.1, -0.05) is 19.1 Å². The number of aromatic nitrogens is 1. The Bertz CT molecular complexity index is 597. The molecule has 1 heterocycles. The number of aliphatic hydroxyl groups excluding tert-OH is 1. The Morgan fingerprint density at radius 2 is 2.00 bits per heavy atom. The highest BCUT2D eigenvalue weighted by Gasteiger charge is 2.07. The average molecular weight is 285 g/mol. The monoisotopic (exact) mass is 285 g/mol. The predicted molar refractivity (Wildman–Crippen MR) is 83.3 cm³/mol. The minimum absolute atomic E-state index is 0.00889. The van der Waals surface area contributed by atoms with Gasteiger partial charge in [-0.25, -0.2) is 4.98 Å². The zero-order valence-corrected chi connectivity index (χ0v) is 12.0. The van der Waals surface area contributed by atoms with Crippen molar-refractivity contribution in [3.63, 3.8) is 0 Å². The van der Waals surface area contributed by atoms with Crippen LogP contribution in [-0.2, 0) is 6.61 Å². The number of carbonyl (C=O) groups is 1. The molecule has 0 fully saturated rings. The summed E-state index contributed by atoms with van der Waals surface area (Å²) in [4.78, 5) is 16.3. The second-order valence-corrected chi connectivity index (χ2v) is 4.67. The van der Waals surface area contributed by atoms with Crippen molar-refractivity contribution in [2.45, 2.75) is 20.0 Å². The normalized spacial score (nSPS) is 10.2. The Morgan fingerprint density at radius 3 is 2.67 bits per heavy atom. The van der Waals surface area contributed by atoms with E-state index in [2.05, 4.69) is 22.5 Å². The van der Waals surface area contributed by atoms with Gasteiger partial charge in [-0.3, -0.25) is 4.79 Å². The number of rotatable bonds is 6. The van der Waals surface area contributed by atoms with E-state index in [-0.39, 0.29) is 12.5 Å². The van der Waals surface area contributed by atoms with Crippen LogP contribution in [0.15, 0.2) is 42.6 Å². The van der Waals surface area contributed by atoms with Crippen LogP contribution in [0.1, 0.15) is 29.3 Å². The van der Waals surface area contributed by atoms with Crippen LogP contribution in [0.2, 0.25) is 0 Å². The fourth-order valence-corrected chi connectivity index (χ4v) is 1.82. The molecule has 0 saturated heterocycles. The van der Waals surface area contributed by atoms with Gasteiger partial charge in [0.15, 0.2) is 0 Å². The quantitative estimate of drug-likeness (QED) is 0.763. The molecule has 0 spiro atoms. The Balaban J connectivity index is 2.05. The Morgan fingerprint density at radius 1 is 1.24 bits per heavy atom. The van der Waals surface area contributed by atoms with Crippen LogP contribution in [0.3, 0.4) is 0 Å². The number of hydrogen-bond donors (Lipinski definition) is 3. The fourth-order valence-electron chi connectivity index (χ4n) is 1.82. The summed E-state index contributed by atoms with van der Waals surface area (Å²) in [5.74, 6) is 0.508. The molecule has 3 N–H and O–H groups in total. The van der Waals surface area contributed by atoms with Gasteiger partial charge in [-0.05, 0) is 36.2 Å². The predicted octanol–water partition coefficient (Wildman–Crippen LogP) is 2.65. The topological polar surface area (TPSA) is 74.2 Å². The molecule has 0 radical (unpaired) electrons. The average Bonchev–Trinajstić information content (AvgIpc) is 2.54. The van der Waals surface area contributed by atoms with Gasteiger partial charge in [0.25, 0.3) is 5.91 Å². The van der Waals surface area contributed by atoms with Crippen LogP contribution in [-0.4, -0.2) is 22.5 Å². The Labute approximate surface area is 124 Å². The van der Waals surface area contributed by atoms with Crippen molar-refractivity contribution < 1.29 is 9.90 Å². The second kappa shape index (κ2) is 7.40. The molecular weight excluding hydrogens is 266 g/mol. The van der Waals surface area contributed by atoms with E-state index in [0.29, 0.717) is 17.1 Å². The van der Waals surface area contributed by atoms with Gasteiger partial charge in [0.2, 0.25) is 0 Å². The smallest absolute Gasteiger partial charge is 0.255 e. The van der Waals surface area contributed by atoms with E-state index in [1.54, 1.807) is 42.6 Å². The summed E-state index contributed by atoms with van der Waals surface area (Å²) in [6.07, 6.45) is 2.61. The number of hydrogen-bond acceptors (Lipinski definition) is 4. The zero-order valence-electron chi connectivity index (χ0n) is 12.0. The Kier molecular flexibility index (Phi) is 5.29. The van der Waals surface area contributed by atoms with Crippen LogP contribution in [0.25, 0.3) is 0 Å². The number of pyridine rings is 1. The van der Waals surface area contributed by atoms with Gasteiger partial charge >= 0.3 is 0 Å². The van der Waals surface area contributed by atoms with Crippen molar-refractivity contribution in [3.8, 4) is 0 Å². The molecule has 0 saturated carbocycles. The van der Waals surface area contributed by atoms with Gasteiger partial charge in [-0.15, -0.1) is 0 Å². The third-order valence-corrected chi connectivity index (χ3v) is 2.97. The van der Waals surface area contributed by atoms with Gasteiger partial charge < -0.3 is 15.7 Å². The number of aliphatic hydroxyl groups is 1.